The summed E-state index contributed by atoms with van der Waals surface area (Å²) < 4.78 is 40.5. The summed E-state index contributed by atoms with van der Waals surface area (Å²) >= 11 is 0. The van der Waals surface area contributed by atoms with E-state index in [1.165, 1.54) is 43.9 Å². The Kier molecular flexibility index (Phi) is 5.32. The summed E-state index contributed by atoms with van der Waals surface area (Å²) in [4.78, 5) is 4.44. The SMILES string of the molecule is I.NC(=NC1CC12CCCC2)Nc1cccc(OC(F)(F)F)c1. The van der Waals surface area contributed by atoms with E-state index in [1.807, 2.05) is 0 Å². The first kappa shape index (κ1) is 18.2. The standard InChI is InChI=1S/C15H18F3N3O.HI/c16-15(17,18)22-11-5-3-4-10(8-11)20-13(19)21-12-9-14(12)6-1-2-7-14;/h3-5,8,12H,1-2,6-7,9H2,(H3,19,20,21);1H. The number of nitrogens with zero attached hydrogens (tertiary/aromatic N) is 1. The van der Waals surface area contributed by atoms with Crippen LogP contribution in [0.4, 0.5) is 18.9 Å². The molecular formula is C15H19F3IN3O. The predicted molar refractivity (Wildman–Crippen MR) is 93.1 cm³/mol. The summed E-state index contributed by atoms with van der Waals surface area (Å²) in [7, 11) is 0. The number of benzene rings is 1. The minimum atomic E-state index is -4.71. The van der Waals surface area contributed by atoms with Gasteiger partial charge in [-0.25, -0.2) is 4.99 Å². The Morgan fingerprint density at radius 1 is 1.30 bits per heavy atom. The number of halogens is 4. The van der Waals surface area contributed by atoms with Crippen molar-refractivity contribution in [1.29, 1.82) is 0 Å². The molecule has 23 heavy (non-hydrogen) atoms. The fourth-order valence-corrected chi connectivity index (χ4v) is 3.24. The lowest BCUT2D eigenvalue weighted by Crippen LogP contribution is -2.24. The number of alkyl halides is 3. The number of nitrogens with one attached hydrogen (secondary N) is 1. The molecule has 0 aromatic heterocycles. The van der Waals surface area contributed by atoms with Crippen LogP contribution in [0.5, 0.6) is 5.75 Å². The van der Waals surface area contributed by atoms with E-state index in [1.54, 1.807) is 6.07 Å². The van der Waals surface area contributed by atoms with Gasteiger partial charge in [0.15, 0.2) is 5.96 Å². The van der Waals surface area contributed by atoms with E-state index in [0.29, 0.717) is 11.1 Å². The van der Waals surface area contributed by atoms with E-state index >= 15 is 0 Å². The number of ether oxygens (including phenoxy) is 1. The maximum atomic E-state index is 12.2. The lowest BCUT2D eigenvalue weighted by atomic mass is 10.1. The number of hydrogen-bond donors (Lipinski definition) is 2. The average Bonchev–Trinajstić information content (AvgIpc) is 2.83. The highest BCUT2D eigenvalue weighted by Gasteiger charge is 2.55. The molecule has 2 fully saturated rings. The Morgan fingerprint density at radius 3 is 2.65 bits per heavy atom. The largest absolute Gasteiger partial charge is 0.573 e. The third-order valence-electron chi connectivity index (χ3n) is 4.38. The minimum Gasteiger partial charge on any atom is -0.406 e. The van der Waals surface area contributed by atoms with Gasteiger partial charge in [-0.1, -0.05) is 18.9 Å². The molecule has 1 aromatic rings. The summed E-state index contributed by atoms with van der Waals surface area (Å²) in [5.74, 6) is -0.0538. The second-order valence-corrected chi connectivity index (χ2v) is 6.00. The van der Waals surface area contributed by atoms with Gasteiger partial charge in [0.25, 0.3) is 0 Å². The van der Waals surface area contributed by atoms with E-state index < -0.39 is 6.36 Å². The number of nitrogens with two attached hydrogens (primary N) is 1. The number of aliphatic imine (C=N–C) groups is 1. The molecule has 3 rings (SSSR count). The highest BCUT2D eigenvalue weighted by molar-refractivity contribution is 14.0. The molecule has 3 N–H and O–H groups in total. The summed E-state index contributed by atoms with van der Waals surface area (Å²) in [6, 6.07) is 5.81. The first-order valence-electron chi connectivity index (χ1n) is 7.32. The van der Waals surface area contributed by atoms with Gasteiger partial charge in [0, 0.05) is 11.8 Å². The highest BCUT2D eigenvalue weighted by Crippen LogP contribution is 2.59. The topological polar surface area (TPSA) is 59.6 Å². The van der Waals surface area contributed by atoms with Gasteiger partial charge in [0.1, 0.15) is 5.75 Å². The number of rotatable bonds is 3. The van der Waals surface area contributed by atoms with Crippen LogP contribution >= 0.6 is 24.0 Å². The van der Waals surface area contributed by atoms with Gasteiger partial charge >= 0.3 is 6.36 Å². The molecule has 1 spiro atoms. The van der Waals surface area contributed by atoms with Crippen LogP contribution < -0.4 is 15.8 Å². The number of hydrogen-bond acceptors (Lipinski definition) is 2. The summed E-state index contributed by atoms with van der Waals surface area (Å²) in [5, 5.41) is 2.83. The van der Waals surface area contributed by atoms with Gasteiger partial charge < -0.3 is 15.8 Å². The molecule has 0 saturated heterocycles. The van der Waals surface area contributed by atoms with Gasteiger partial charge in [-0.05, 0) is 36.8 Å². The van der Waals surface area contributed by atoms with Crippen LogP contribution in [0.15, 0.2) is 29.3 Å². The summed E-state index contributed by atoms with van der Waals surface area (Å²) in [6.07, 6.45) is 1.24. The first-order valence-corrected chi connectivity index (χ1v) is 7.32. The second kappa shape index (κ2) is 6.74. The van der Waals surface area contributed by atoms with E-state index in [0.717, 1.165) is 6.42 Å². The third-order valence-corrected chi connectivity index (χ3v) is 4.38. The van der Waals surface area contributed by atoms with Crippen molar-refractivity contribution < 1.29 is 17.9 Å². The molecule has 2 saturated carbocycles. The van der Waals surface area contributed by atoms with Crippen molar-refractivity contribution in [3.8, 4) is 5.75 Å². The smallest absolute Gasteiger partial charge is 0.406 e. The fourth-order valence-electron chi connectivity index (χ4n) is 3.24. The van der Waals surface area contributed by atoms with Crippen molar-refractivity contribution >= 4 is 35.6 Å². The van der Waals surface area contributed by atoms with Gasteiger partial charge in [-0.15, -0.1) is 37.1 Å². The molecule has 1 atom stereocenters. The monoisotopic (exact) mass is 441 g/mol. The zero-order valence-electron chi connectivity index (χ0n) is 12.4. The Labute approximate surface area is 149 Å². The van der Waals surface area contributed by atoms with Gasteiger partial charge in [-0.3, -0.25) is 0 Å². The zero-order valence-corrected chi connectivity index (χ0v) is 14.7. The lowest BCUT2D eigenvalue weighted by Gasteiger charge is -2.11. The van der Waals surface area contributed by atoms with Crippen LogP contribution in [-0.2, 0) is 0 Å². The lowest BCUT2D eigenvalue weighted by molar-refractivity contribution is -0.274. The van der Waals surface area contributed by atoms with E-state index in [2.05, 4.69) is 15.0 Å². The second-order valence-electron chi connectivity index (χ2n) is 6.00. The van der Waals surface area contributed by atoms with Crippen molar-refractivity contribution in [2.45, 2.75) is 44.5 Å². The minimum absolute atomic E-state index is 0. The normalized spacial score (nSPS) is 22.6. The first-order chi connectivity index (χ1) is 10.4. The van der Waals surface area contributed by atoms with E-state index in [4.69, 9.17) is 5.73 Å². The molecule has 1 unspecified atom stereocenters. The van der Waals surface area contributed by atoms with Crippen molar-refractivity contribution in [1.82, 2.24) is 0 Å². The third kappa shape index (κ3) is 4.65. The van der Waals surface area contributed by atoms with Gasteiger partial charge in [-0.2, -0.15) is 0 Å². The van der Waals surface area contributed by atoms with E-state index in [9.17, 15) is 13.2 Å². The fraction of sp³-hybridized carbons (Fsp3) is 0.533. The van der Waals surface area contributed by atoms with Crippen molar-refractivity contribution in [2.24, 2.45) is 16.1 Å². The quantitative estimate of drug-likeness (QED) is 0.419. The molecular weight excluding hydrogens is 422 g/mol. The Morgan fingerprint density at radius 2 is 2.00 bits per heavy atom. The van der Waals surface area contributed by atoms with Crippen LogP contribution in [0.1, 0.15) is 32.1 Å². The van der Waals surface area contributed by atoms with Crippen LogP contribution in [0.2, 0.25) is 0 Å². The van der Waals surface area contributed by atoms with Gasteiger partial charge in [0.2, 0.25) is 0 Å². The van der Waals surface area contributed by atoms with Crippen molar-refractivity contribution in [3.63, 3.8) is 0 Å². The Hall–Kier alpha value is -1.19. The number of anilines is 1. The number of guanidine groups is 1. The van der Waals surface area contributed by atoms with Crippen molar-refractivity contribution in [3.05, 3.63) is 24.3 Å². The average molecular weight is 441 g/mol. The molecule has 0 heterocycles. The molecule has 4 nitrogen and oxygen atoms in total. The molecule has 1 aromatic carbocycles. The molecule has 0 aliphatic heterocycles. The molecule has 128 valence electrons. The predicted octanol–water partition coefficient (Wildman–Crippen LogP) is 4.26. The molecule has 0 bridgehead atoms. The zero-order chi connectivity index (χ0) is 15.8. The molecule has 0 radical (unpaired) electrons. The van der Waals surface area contributed by atoms with Crippen LogP contribution in [0, 0.1) is 5.41 Å². The molecule has 2 aliphatic carbocycles. The maximum absolute atomic E-state index is 12.2. The van der Waals surface area contributed by atoms with Crippen LogP contribution in [0.3, 0.4) is 0 Å². The molecule has 0 amide bonds. The Balaban J connectivity index is 0.00000192. The van der Waals surface area contributed by atoms with Crippen molar-refractivity contribution in [2.75, 3.05) is 5.32 Å². The van der Waals surface area contributed by atoms with Gasteiger partial charge in [0.05, 0.1) is 6.04 Å². The molecule has 2 aliphatic rings. The molecule has 8 heteroatoms. The highest BCUT2D eigenvalue weighted by atomic mass is 127. The maximum Gasteiger partial charge on any atom is 0.573 e. The van der Waals surface area contributed by atoms with E-state index in [-0.39, 0.29) is 41.7 Å². The summed E-state index contributed by atoms with van der Waals surface area (Å²) in [5.41, 5.74) is 6.61. The Bertz CT molecular complexity index is 586. The summed E-state index contributed by atoms with van der Waals surface area (Å²) in [6.45, 7) is 0. The van der Waals surface area contributed by atoms with Crippen LogP contribution in [0.25, 0.3) is 0 Å². The van der Waals surface area contributed by atoms with Crippen LogP contribution in [-0.4, -0.2) is 18.4 Å².